The predicted octanol–water partition coefficient (Wildman–Crippen LogP) is 4.01. The van der Waals surface area contributed by atoms with Crippen LogP contribution in [0.15, 0.2) is 34.7 Å². The summed E-state index contributed by atoms with van der Waals surface area (Å²) < 4.78 is 1.25. The third-order valence-corrected chi connectivity index (χ3v) is 7.11. The van der Waals surface area contributed by atoms with Gasteiger partial charge >= 0.3 is 0 Å². The second kappa shape index (κ2) is 8.98. The number of aromatic nitrogens is 3. The summed E-state index contributed by atoms with van der Waals surface area (Å²) in [5.41, 5.74) is 4.11. The van der Waals surface area contributed by atoms with Gasteiger partial charge in [0.1, 0.15) is 9.90 Å². The first-order valence-electron chi connectivity index (χ1n) is 9.85. The molecule has 3 aromatic rings. The number of piperidine rings is 1. The van der Waals surface area contributed by atoms with Gasteiger partial charge in [0.15, 0.2) is 0 Å². The van der Waals surface area contributed by atoms with Crippen molar-refractivity contribution in [2.75, 3.05) is 18.0 Å². The minimum absolute atomic E-state index is 0.0621. The zero-order valence-corrected chi connectivity index (χ0v) is 19.4. The van der Waals surface area contributed by atoms with Crippen LogP contribution in [0.4, 0.5) is 5.69 Å². The zero-order chi connectivity index (χ0) is 22.1. The molecule has 1 aromatic carbocycles. The molecule has 1 aliphatic rings. The SMILES string of the molecule is Cc1ccc(-n2ncc(N3CCC(NC(=O)c4scnc4C)CC3)c(Cl)c2=O)cc1Cl. The van der Waals surface area contributed by atoms with Crippen LogP contribution in [0.5, 0.6) is 0 Å². The minimum Gasteiger partial charge on any atom is -0.369 e. The molecule has 0 atom stereocenters. The van der Waals surface area contributed by atoms with E-state index in [2.05, 4.69) is 15.4 Å². The van der Waals surface area contributed by atoms with Crippen LogP contribution in [0, 0.1) is 13.8 Å². The van der Waals surface area contributed by atoms with Gasteiger partial charge in [0.05, 0.1) is 28.8 Å². The van der Waals surface area contributed by atoms with Crippen LogP contribution in [-0.4, -0.2) is 39.8 Å². The average Bonchev–Trinajstić information content (AvgIpc) is 3.19. The lowest BCUT2D eigenvalue weighted by molar-refractivity contribution is 0.0934. The van der Waals surface area contributed by atoms with Gasteiger partial charge in [0.2, 0.25) is 0 Å². The first kappa shape index (κ1) is 21.8. The molecule has 10 heteroatoms. The first-order valence-corrected chi connectivity index (χ1v) is 11.5. The van der Waals surface area contributed by atoms with E-state index in [-0.39, 0.29) is 17.0 Å². The number of hydrogen-bond acceptors (Lipinski definition) is 6. The van der Waals surface area contributed by atoms with E-state index in [9.17, 15) is 9.59 Å². The van der Waals surface area contributed by atoms with Crippen LogP contribution in [0.2, 0.25) is 10.0 Å². The summed E-state index contributed by atoms with van der Waals surface area (Å²) in [7, 11) is 0. The highest BCUT2D eigenvalue weighted by Gasteiger charge is 2.25. The van der Waals surface area contributed by atoms with Gasteiger partial charge < -0.3 is 10.2 Å². The van der Waals surface area contributed by atoms with Crippen LogP contribution in [0.3, 0.4) is 0 Å². The van der Waals surface area contributed by atoms with Crippen LogP contribution in [-0.2, 0) is 0 Å². The molecule has 1 saturated heterocycles. The molecule has 2 aromatic heterocycles. The van der Waals surface area contributed by atoms with Crippen LogP contribution < -0.4 is 15.8 Å². The monoisotopic (exact) mass is 477 g/mol. The molecule has 3 heterocycles. The summed E-state index contributed by atoms with van der Waals surface area (Å²) in [4.78, 5) is 32.1. The van der Waals surface area contributed by atoms with Crippen molar-refractivity contribution in [3.05, 3.63) is 66.4 Å². The summed E-state index contributed by atoms with van der Waals surface area (Å²) >= 11 is 14.0. The molecule has 7 nitrogen and oxygen atoms in total. The molecular weight excluding hydrogens is 457 g/mol. The number of nitrogens with zero attached hydrogens (tertiary/aromatic N) is 4. The average molecular weight is 478 g/mol. The first-order chi connectivity index (χ1) is 14.8. The summed E-state index contributed by atoms with van der Waals surface area (Å²) in [6.07, 6.45) is 3.10. The second-order valence-electron chi connectivity index (χ2n) is 7.50. The third kappa shape index (κ3) is 4.46. The second-order valence-corrected chi connectivity index (χ2v) is 9.14. The van der Waals surface area contributed by atoms with E-state index in [1.807, 2.05) is 24.8 Å². The number of carbonyl (C=O) groups is 1. The molecule has 0 unspecified atom stereocenters. The number of rotatable bonds is 4. The fourth-order valence-electron chi connectivity index (χ4n) is 3.58. The van der Waals surface area contributed by atoms with Crippen molar-refractivity contribution >= 4 is 46.1 Å². The molecule has 1 aliphatic heterocycles. The molecule has 0 bridgehead atoms. The molecule has 31 heavy (non-hydrogen) atoms. The molecule has 4 rings (SSSR count). The lowest BCUT2D eigenvalue weighted by Crippen LogP contribution is -2.45. The Balaban J connectivity index is 1.46. The van der Waals surface area contributed by atoms with E-state index in [4.69, 9.17) is 23.2 Å². The fraction of sp³-hybridized carbons (Fsp3) is 0.333. The Hall–Kier alpha value is -2.42. The number of carbonyl (C=O) groups excluding carboxylic acids is 1. The highest BCUT2D eigenvalue weighted by Crippen LogP contribution is 2.26. The Morgan fingerprint density at radius 3 is 2.61 bits per heavy atom. The van der Waals surface area contributed by atoms with E-state index in [0.717, 1.165) is 24.1 Å². The van der Waals surface area contributed by atoms with Gasteiger partial charge in [0, 0.05) is 24.2 Å². The van der Waals surface area contributed by atoms with E-state index >= 15 is 0 Å². The van der Waals surface area contributed by atoms with Gasteiger partial charge in [-0.2, -0.15) is 9.78 Å². The Labute approximate surface area is 193 Å². The molecular formula is C21H21Cl2N5O2S. The van der Waals surface area contributed by atoms with Crippen LogP contribution in [0.25, 0.3) is 5.69 Å². The van der Waals surface area contributed by atoms with Crippen molar-refractivity contribution in [3.8, 4) is 5.69 Å². The molecule has 0 radical (unpaired) electrons. The van der Waals surface area contributed by atoms with E-state index < -0.39 is 5.56 Å². The van der Waals surface area contributed by atoms with E-state index in [1.165, 1.54) is 16.0 Å². The van der Waals surface area contributed by atoms with Crippen molar-refractivity contribution in [1.82, 2.24) is 20.1 Å². The maximum atomic E-state index is 12.8. The van der Waals surface area contributed by atoms with Gasteiger partial charge in [-0.15, -0.1) is 11.3 Å². The normalized spacial score (nSPS) is 14.6. The lowest BCUT2D eigenvalue weighted by Gasteiger charge is -2.34. The van der Waals surface area contributed by atoms with E-state index in [0.29, 0.717) is 34.4 Å². The number of halogens is 2. The van der Waals surface area contributed by atoms with Crippen LogP contribution in [0.1, 0.15) is 33.8 Å². The minimum atomic E-state index is -0.393. The van der Waals surface area contributed by atoms with Gasteiger partial charge in [-0.3, -0.25) is 9.59 Å². The molecule has 0 saturated carbocycles. The highest BCUT2D eigenvalue weighted by molar-refractivity contribution is 7.11. The molecule has 1 amide bonds. The maximum absolute atomic E-state index is 12.8. The number of nitrogens with one attached hydrogen (secondary N) is 1. The van der Waals surface area contributed by atoms with Crippen molar-refractivity contribution in [2.24, 2.45) is 0 Å². The third-order valence-electron chi connectivity index (χ3n) is 5.42. The van der Waals surface area contributed by atoms with Gasteiger partial charge in [-0.05, 0) is 44.4 Å². The van der Waals surface area contributed by atoms with E-state index in [1.54, 1.807) is 23.8 Å². The summed E-state index contributed by atoms with van der Waals surface area (Å²) in [5.74, 6) is -0.0856. The Morgan fingerprint density at radius 2 is 1.97 bits per heavy atom. The smallest absolute Gasteiger partial charge is 0.292 e. The zero-order valence-electron chi connectivity index (χ0n) is 17.1. The summed E-state index contributed by atoms with van der Waals surface area (Å²) in [6, 6.07) is 5.37. The summed E-state index contributed by atoms with van der Waals surface area (Å²) in [6.45, 7) is 5.04. The van der Waals surface area contributed by atoms with Gasteiger partial charge in [0.25, 0.3) is 11.5 Å². The highest BCUT2D eigenvalue weighted by atomic mass is 35.5. The van der Waals surface area contributed by atoms with Gasteiger partial charge in [-0.25, -0.2) is 4.98 Å². The van der Waals surface area contributed by atoms with Gasteiger partial charge in [-0.1, -0.05) is 29.3 Å². The molecule has 0 spiro atoms. The topological polar surface area (TPSA) is 80.1 Å². The summed E-state index contributed by atoms with van der Waals surface area (Å²) in [5, 5.41) is 8.07. The number of benzene rings is 1. The lowest BCUT2D eigenvalue weighted by atomic mass is 10.0. The van der Waals surface area contributed by atoms with Crippen molar-refractivity contribution in [2.45, 2.75) is 32.7 Å². The number of thiazole rings is 1. The molecule has 1 fully saturated rings. The maximum Gasteiger partial charge on any atom is 0.292 e. The standard InChI is InChI=1S/C21H21Cl2N5O2S/c1-12-3-4-15(9-16(12)22)28-21(30)18(23)17(10-25-28)27-7-5-14(6-8-27)26-20(29)19-13(2)24-11-31-19/h3-4,9-11,14H,5-8H2,1-2H3,(H,26,29). The number of aryl methyl sites for hydroxylation is 2. The number of anilines is 1. The molecule has 1 N–H and O–H groups in total. The largest absolute Gasteiger partial charge is 0.369 e. The Morgan fingerprint density at radius 1 is 1.23 bits per heavy atom. The van der Waals surface area contributed by atoms with Crippen LogP contribution >= 0.6 is 34.5 Å². The Kier molecular flexibility index (Phi) is 6.31. The number of hydrogen-bond donors (Lipinski definition) is 1. The molecule has 0 aliphatic carbocycles. The number of amides is 1. The Bertz CT molecular complexity index is 1180. The molecule has 162 valence electrons. The van der Waals surface area contributed by atoms with Crippen molar-refractivity contribution in [3.63, 3.8) is 0 Å². The fourth-order valence-corrected chi connectivity index (χ4v) is 4.71. The van der Waals surface area contributed by atoms with Crippen molar-refractivity contribution < 1.29 is 4.79 Å². The quantitative estimate of drug-likeness (QED) is 0.613. The predicted molar refractivity (Wildman–Crippen MR) is 124 cm³/mol. The van der Waals surface area contributed by atoms with Crippen molar-refractivity contribution in [1.29, 1.82) is 0 Å².